The lowest BCUT2D eigenvalue weighted by Gasteiger charge is -2.02. The van der Waals surface area contributed by atoms with Crippen LogP contribution >= 0.6 is 0 Å². The van der Waals surface area contributed by atoms with E-state index in [0.717, 1.165) is 17.0 Å². The molecule has 10 heteroatoms. The van der Waals surface area contributed by atoms with Gasteiger partial charge < -0.3 is 5.11 Å². The van der Waals surface area contributed by atoms with Gasteiger partial charge in [-0.1, -0.05) is 5.21 Å². The van der Waals surface area contributed by atoms with Crippen LogP contribution in [0.15, 0.2) is 17.0 Å². The first-order valence-corrected chi connectivity index (χ1v) is 7.11. The zero-order valence-corrected chi connectivity index (χ0v) is 11.2. The zero-order valence-electron chi connectivity index (χ0n) is 10.4. The molecule has 0 amide bonds. The Morgan fingerprint density at radius 2 is 2.05 bits per heavy atom. The molecular weight excluding hydrogens is 291 g/mol. The van der Waals surface area contributed by atoms with Crippen LogP contribution < -0.4 is 0 Å². The second-order valence-electron chi connectivity index (χ2n) is 3.97. The number of sulfone groups is 1. The average Bonchev–Trinajstić information content (AvgIpc) is 2.69. The maximum atomic E-state index is 13.7. The Bertz CT molecular complexity index is 800. The third-order valence-electron chi connectivity index (χ3n) is 2.49. The fraction of sp³-hybridized carbons (Fsp3) is 0.200. The predicted molar refractivity (Wildman–Crippen MR) is 64.3 cm³/mol. The number of hydrogen-bond acceptors (Lipinski definition) is 6. The monoisotopic (exact) mass is 300 g/mol. The minimum Gasteiger partial charge on any atom is -0.476 e. The van der Waals surface area contributed by atoms with Crippen molar-refractivity contribution >= 4 is 15.8 Å². The SMILES string of the molecule is Cn1nnc(-c2ccc(S(C)(=O)=O)c(F)n2)c1C(=O)O. The molecule has 0 saturated heterocycles. The summed E-state index contributed by atoms with van der Waals surface area (Å²) < 4.78 is 37.2. The molecule has 0 radical (unpaired) electrons. The summed E-state index contributed by atoms with van der Waals surface area (Å²) in [6, 6.07) is 2.18. The topological polar surface area (TPSA) is 115 Å². The molecule has 0 spiro atoms. The Balaban J connectivity index is 2.62. The number of aryl methyl sites for hydroxylation is 1. The minimum absolute atomic E-state index is 0.111. The van der Waals surface area contributed by atoms with Crippen LogP contribution in [0, 0.1) is 5.95 Å². The molecule has 0 aliphatic heterocycles. The molecule has 2 heterocycles. The number of aromatic nitrogens is 4. The van der Waals surface area contributed by atoms with Crippen LogP contribution in [0.3, 0.4) is 0 Å². The Morgan fingerprint density at radius 3 is 2.55 bits per heavy atom. The van der Waals surface area contributed by atoms with Crippen LogP contribution in [0.2, 0.25) is 0 Å². The van der Waals surface area contributed by atoms with E-state index in [-0.39, 0.29) is 17.1 Å². The molecule has 0 bridgehead atoms. The van der Waals surface area contributed by atoms with E-state index in [9.17, 15) is 17.6 Å². The molecule has 0 aromatic carbocycles. The van der Waals surface area contributed by atoms with Crippen molar-refractivity contribution in [3.8, 4) is 11.4 Å². The van der Waals surface area contributed by atoms with Crippen molar-refractivity contribution in [1.82, 2.24) is 20.0 Å². The van der Waals surface area contributed by atoms with Crippen molar-refractivity contribution in [3.05, 3.63) is 23.8 Å². The smallest absolute Gasteiger partial charge is 0.356 e. The number of nitrogens with zero attached hydrogens (tertiary/aromatic N) is 4. The maximum Gasteiger partial charge on any atom is 0.356 e. The fourth-order valence-corrected chi connectivity index (χ4v) is 2.27. The molecule has 2 rings (SSSR count). The Hall–Kier alpha value is -2.36. The fourth-order valence-electron chi connectivity index (χ4n) is 1.60. The van der Waals surface area contributed by atoms with E-state index in [0.29, 0.717) is 0 Å². The third kappa shape index (κ3) is 2.37. The first kappa shape index (κ1) is 14.1. The maximum absolute atomic E-state index is 13.7. The summed E-state index contributed by atoms with van der Waals surface area (Å²) in [7, 11) is -2.39. The summed E-state index contributed by atoms with van der Waals surface area (Å²) in [5.74, 6) is -2.52. The second kappa shape index (κ2) is 4.63. The van der Waals surface area contributed by atoms with Gasteiger partial charge in [0.1, 0.15) is 10.6 Å². The molecule has 1 N–H and O–H groups in total. The van der Waals surface area contributed by atoms with Gasteiger partial charge in [-0.2, -0.15) is 4.39 Å². The average molecular weight is 300 g/mol. The van der Waals surface area contributed by atoms with Gasteiger partial charge in [-0.15, -0.1) is 5.10 Å². The van der Waals surface area contributed by atoms with Crippen molar-refractivity contribution < 1.29 is 22.7 Å². The number of carboxylic acids is 1. The van der Waals surface area contributed by atoms with Crippen LogP contribution in [0.25, 0.3) is 11.4 Å². The molecule has 0 saturated carbocycles. The van der Waals surface area contributed by atoms with E-state index >= 15 is 0 Å². The molecule has 8 nitrogen and oxygen atoms in total. The molecule has 2 aromatic heterocycles. The lowest BCUT2D eigenvalue weighted by molar-refractivity contribution is 0.0686. The largest absolute Gasteiger partial charge is 0.476 e. The van der Waals surface area contributed by atoms with Crippen LogP contribution in [-0.2, 0) is 16.9 Å². The Morgan fingerprint density at radius 1 is 1.40 bits per heavy atom. The van der Waals surface area contributed by atoms with Gasteiger partial charge in [-0.3, -0.25) is 0 Å². The summed E-state index contributed by atoms with van der Waals surface area (Å²) in [5, 5.41) is 16.1. The number of halogens is 1. The normalized spacial score (nSPS) is 11.6. The van der Waals surface area contributed by atoms with E-state index in [1.165, 1.54) is 13.1 Å². The third-order valence-corrected chi connectivity index (χ3v) is 3.59. The van der Waals surface area contributed by atoms with E-state index in [2.05, 4.69) is 15.3 Å². The summed E-state index contributed by atoms with van der Waals surface area (Å²) in [5.41, 5.74) is -0.525. The lowest BCUT2D eigenvalue weighted by atomic mass is 10.2. The molecule has 0 fully saturated rings. The molecule has 106 valence electrons. The van der Waals surface area contributed by atoms with Crippen molar-refractivity contribution in [1.29, 1.82) is 0 Å². The number of aromatic carboxylic acids is 1. The van der Waals surface area contributed by atoms with Crippen LogP contribution in [0.4, 0.5) is 4.39 Å². The Labute approximate surface area is 112 Å². The van der Waals surface area contributed by atoms with Gasteiger partial charge in [0.05, 0.1) is 5.69 Å². The number of rotatable bonds is 3. The van der Waals surface area contributed by atoms with E-state index in [4.69, 9.17) is 5.11 Å². The predicted octanol–water partition coefficient (Wildman–Crippen LogP) is 0.118. The molecule has 0 unspecified atom stereocenters. The zero-order chi connectivity index (χ0) is 15.1. The number of pyridine rings is 1. The first-order chi connectivity index (χ1) is 9.21. The second-order valence-corrected chi connectivity index (χ2v) is 5.96. The highest BCUT2D eigenvalue weighted by Gasteiger charge is 2.22. The molecular formula is C10H9FN4O4S. The standard InChI is InChI=1S/C10H9FN4O4S/c1-15-8(10(16)17)7(13-14-15)5-3-4-6(9(11)12-5)20(2,18)19/h3-4H,1-2H3,(H,16,17). The molecule has 0 aliphatic rings. The highest BCUT2D eigenvalue weighted by Crippen LogP contribution is 2.22. The van der Waals surface area contributed by atoms with Crippen LogP contribution in [-0.4, -0.2) is 45.7 Å². The Kier molecular flexibility index (Phi) is 3.26. The molecule has 20 heavy (non-hydrogen) atoms. The van der Waals surface area contributed by atoms with Gasteiger partial charge in [0.2, 0.25) is 5.95 Å². The molecule has 0 aliphatic carbocycles. The van der Waals surface area contributed by atoms with Crippen molar-refractivity contribution in [2.75, 3.05) is 6.26 Å². The summed E-state index contributed by atoms with van der Waals surface area (Å²) >= 11 is 0. The van der Waals surface area contributed by atoms with Gasteiger partial charge in [-0.25, -0.2) is 22.9 Å². The molecule has 2 aromatic rings. The van der Waals surface area contributed by atoms with E-state index in [1.807, 2.05) is 0 Å². The lowest BCUT2D eigenvalue weighted by Crippen LogP contribution is -2.08. The number of hydrogen-bond donors (Lipinski definition) is 1. The first-order valence-electron chi connectivity index (χ1n) is 5.21. The van der Waals surface area contributed by atoms with Gasteiger partial charge in [0.15, 0.2) is 15.5 Å². The van der Waals surface area contributed by atoms with Crippen molar-refractivity contribution in [2.45, 2.75) is 4.90 Å². The van der Waals surface area contributed by atoms with Gasteiger partial charge >= 0.3 is 5.97 Å². The van der Waals surface area contributed by atoms with Crippen LogP contribution in [0.5, 0.6) is 0 Å². The highest BCUT2D eigenvalue weighted by molar-refractivity contribution is 7.90. The molecule has 0 atom stereocenters. The highest BCUT2D eigenvalue weighted by atomic mass is 32.2. The summed E-state index contributed by atoms with van der Waals surface area (Å²) in [6.45, 7) is 0. The van der Waals surface area contributed by atoms with Crippen molar-refractivity contribution in [3.63, 3.8) is 0 Å². The number of carbonyl (C=O) groups is 1. The quantitative estimate of drug-likeness (QED) is 0.800. The van der Waals surface area contributed by atoms with Crippen LogP contribution in [0.1, 0.15) is 10.5 Å². The minimum atomic E-state index is -3.75. The van der Waals surface area contributed by atoms with Gasteiger partial charge in [-0.05, 0) is 12.1 Å². The van der Waals surface area contributed by atoms with E-state index < -0.39 is 26.6 Å². The summed E-state index contributed by atoms with van der Waals surface area (Å²) in [6.07, 6.45) is 0.845. The van der Waals surface area contributed by atoms with Gasteiger partial charge in [0, 0.05) is 13.3 Å². The summed E-state index contributed by atoms with van der Waals surface area (Å²) in [4.78, 5) is 13.9. The number of carboxylic acid groups (broad SMARTS) is 1. The van der Waals surface area contributed by atoms with E-state index in [1.54, 1.807) is 0 Å². The van der Waals surface area contributed by atoms with Crippen molar-refractivity contribution in [2.24, 2.45) is 7.05 Å². The van der Waals surface area contributed by atoms with Gasteiger partial charge in [0.25, 0.3) is 0 Å².